The van der Waals surface area contributed by atoms with Crippen LogP contribution >= 0.6 is 0 Å². The van der Waals surface area contributed by atoms with Crippen molar-refractivity contribution in [2.24, 2.45) is 0 Å². The van der Waals surface area contributed by atoms with Crippen molar-refractivity contribution in [3.8, 4) is 11.5 Å². The lowest BCUT2D eigenvalue weighted by Gasteiger charge is -2.27. The highest BCUT2D eigenvalue weighted by molar-refractivity contribution is 5.73. The molecule has 0 amide bonds. The van der Waals surface area contributed by atoms with Crippen molar-refractivity contribution in [3.63, 3.8) is 0 Å². The summed E-state index contributed by atoms with van der Waals surface area (Å²) in [4.78, 5) is 11.0. The summed E-state index contributed by atoms with van der Waals surface area (Å²) in [5.41, 5.74) is 0. The van der Waals surface area contributed by atoms with Crippen LogP contribution in [0, 0.1) is 0 Å². The third-order valence-electron chi connectivity index (χ3n) is 3.03. The van der Waals surface area contributed by atoms with Gasteiger partial charge < -0.3 is 19.9 Å². The number of benzene rings is 1. The molecule has 1 heterocycles. The highest BCUT2D eigenvalue weighted by atomic mass is 16.6. The van der Waals surface area contributed by atoms with Crippen molar-refractivity contribution >= 4 is 5.97 Å². The number of para-hydroxylation sites is 2. The summed E-state index contributed by atoms with van der Waals surface area (Å²) in [6, 6.07) is 6.96. The van der Waals surface area contributed by atoms with Gasteiger partial charge in [0.15, 0.2) is 11.5 Å². The maximum Gasteiger partial charge on any atom is 0.320 e. The number of carboxylic acid groups (broad SMARTS) is 1. The topological polar surface area (TPSA) is 67.8 Å². The number of aliphatic carboxylic acids is 1. The predicted molar refractivity (Wildman–Crippen MR) is 70.7 cm³/mol. The van der Waals surface area contributed by atoms with Crippen molar-refractivity contribution < 1.29 is 19.4 Å². The zero-order chi connectivity index (χ0) is 13.7. The van der Waals surface area contributed by atoms with Crippen LogP contribution in [0.25, 0.3) is 0 Å². The number of hydrogen-bond acceptors (Lipinski definition) is 4. The van der Waals surface area contributed by atoms with Gasteiger partial charge in [0.2, 0.25) is 0 Å². The fraction of sp³-hybridized carbons (Fsp3) is 0.500. The van der Waals surface area contributed by atoms with Crippen LogP contribution in [-0.4, -0.2) is 36.4 Å². The second-order valence-corrected chi connectivity index (χ2v) is 4.59. The first kappa shape index (κ1) is 13.7. The summed E-state index contributed by atoms with van der Waals surface area (Å²) >= 11 is 0. The molecular formula is C14H19NO4. The van der Waals surface area contributed by atoms with Gasteiger partial charge in [-0.05, 0) is 18.6 Å². The van der Waals surface area contributed by atoms with Gasteiger partial charge in [0.05, 0.1) is 0 Å². The first-order valence-electron chi connectivity index (χ1n) is 6.55. The van der Waals surface area contributed by atoms with Crippen LogP contribution < -0.4 is 14.8 Å². The Labute approximate surface area is 112 Å². The van der Waals surface area contributed by atoms with Gasteiger partial charge in [-0.3, -0.25) is 4.79 Å². The van der Waals surface area contributed by atoms with Crippen molar-refractivity contribution in [1.29, 1.82) is 0 Å². The Morgan fingerprint density at radius 3 is 2.89 bits per heavy atom. The van der Waals surface area contributed by atoms with Crippen LogP contribution in [0.2, 0.25) is 0 Å². The Hall–Kier alpha value is -1.75. The zero-order valence-electron chi connectivity index (χ0n) is 11.0. The maximum atomic E-state index is 11.0. The molecule has 0 aromatic heterocycles. The standard InChI is InChI=1S/C14H19NO4/c1-2-5-11(14(16)17)15-8-10-9-18-12-6-3-4-7-13(12)19-10/h3-4,6-7,10-11,15H,2,5,8-9H2,1H3,(H,16,17). The summed E-state index contributed by atoms with van der Waals surface area (Å²) in [7, 11) is 0. The molecule has 19 heavy (non-hydrogen) atoms. The molecule has 1 aliphatic heterocycles. The van der Waals surface area contributed by atoms with E-state index in [0.717, 1.165) is 12.2 Å². The molecule has 104 valence electrons. The van der Waals surface area contributed by atoms with Crippen molar-refractivity contribution in [2.45, 2.75) is 31.9 Å². The lowest BCUT2D eigenvalue weighted by Crippen LogP contribution is -2.45. The van der Waals surface area contributed by atoms with Crippen LogP contribution in [0.1, 0.15) is 19.8 Å². The molecule has 0 fully saturated rings. The molecule has 2 N–H and O–H groups in total. The molecule has 0 bridgehead atoms. The summed E-state index contributed by atoms with van der Waals surface area (Å²) < 4.78 is 11.3. The van der Waals surface area contributed by atoms with Gasteiger partial charge in [-0.15, -0.1) is 0 Å². The largest absolute Gasteiger partial charge is 0.486 e. The Morgan fingerprint density at radius 1 is 1.47 bits per heavy atom. The number of hydrogen-bond donors (Lipinski definition) is 2. The summed E-state index contributed by atoms with van der Waals surface area (Å²) in [5.74, 6) is 0.629. The summed E-state index contributed by atoms with van der Waals surface area (Å²) in [6.45, 7) is 2.86. The molecule has 0 radical (unpaired) electrons. The lowest BCUT2D eigenvalue weighted by molar-refractivity contribution is -0.139. The van der Waals surface area contributed by atoms with Crippen molar-refractivity contribution in [3.05, 3.63) is 24.3 Å². The molecule has 2 unspecified atom stereocenters. The van der Waals surface area contributed by atoms with Crippen LogP contribution in [0.5, 0.6) is 11.5 Å². The average Bonchev–Trinajstić information content (AvgIpc) is 2.43. The van der Waals surface area contributed by atoms with E-state index in [-0.39, 0.29) is 6.10 Å². The SMILES string of the molecule is CCCC(NCC1COc2ccccc2O1)C(=O)O. The third-order valence-corrected chi connectivity index (χ3v) is 3.03. The molecule has 1 aromatic rings. The minimum absolute atomic E-state index is 0.159. The van der Waals surface area contributed by atoms with E-state index >= 15 is 0 Å². The molecule has 1 aromatic carbocycles. The number of fused-ring (bicyclic) bond motifs is 1. The first-order chi connectivity index (χ1) is 9.20. The minimum Gasteiger partial charge on any atom is -0.486 e. The minimum atomic E-state index is -0.820. The fourth-order valence-electron chi connectivity index (χ4n) is 2.04. The highest BCUT2D eigenvalue weighted by Gasteiger charge is 2.23. The van der Waals surface area contributed by atoms with E-state index in [9.17, 15) is 4.79 Å². The van der Waals surface area contributed by atoms with Gasteiger partial charge in [0.1, 0.15) is 18.8 Å². The molecule has 5 heteroatoms. The number of ether oxygens (including phenoxy) is 2. The Bertz CT molecular complexity index is 435. The average molecular weight is 265 g/mol. The molecule has 0 aliphatic carbocycles. The van der Waals surface area contributed by atoms with E-state index in [1.54, 1.807) is 0 Å². The Kier molecular flexibility index (Phi) is 4.63. The normalized spacial score (nSPS) is 18.9. The summed E-state index contributed by atoms with van der Waals surface area (Å²) in [5, 5.41) is 12.1. The lowest BCUT2D eigenvalue weighted by atomic mass is 10.1. The van der Waals surface area contributed by atoms with Gasteiger partial charge in [-0.1, -0.05) is 25.5 Å². The number of carboxylic acids is 1. The molecule has 2 atom stereocenters. The second-order valence-electron chi connectivity index (χ2n) is 4.59. The van der Waals surface area contributed by atoms with E-state index < -0.39 is 12.0 Å². The molecular weight excluding hydrogens is 246 g/mol. The predicted octanol–water partition coefficient (Wildman–Crippen LogP) is 1.67. The zero-order valence-corrected chi connectivity index (χ0v) is 11.0. The second kappa shape index (κ2) is 6.43. The molecule has 0 spiro atoms. The van der Waals surface area contributed by atoms with Gasteiger partial charge in [0, 0.05) is 6.54 Å². The molecule has 0 saturated heterocycles. The fourth-order valence-corrected chi connectivity index (χ4v) is 2.04. The van der Waals surface area contributed by atoms with E-state index in [1.165, 1.54) is 0 Å². The van der Waals surface area contributed by atoms with Crippen LogP contribution in [0.4, 0.5) is 0 Å². The molecule has 0 saturated carbocycles. The van der Waals surface area contributed by atoms with E-state index in [1.807, 2.05) is 31.2 Å². The monoisotopic (exact) mass is 265 g/mol. The van der Waals surface area contributed by atoms with Crippen molar-refractivity contribution in [1.82, 2.24) is 5.32 Å². The maximum absolute atomic E-state index is 11.0. The van der Waals surface area contributed by atoms with E-state index in [0.29, 0.717) is 25.3 Å². The quantitative estimate of drug-likeness (QED) is 0.819. The highest BCUT2D eigenvalue weighted by Crippen LogP contribution is 2.30. The van der Waals surface area contributed by atoms with Gasteiger partial charge in [-0.2, -0.15) is 0 Å². The van der Waals surface area contributed by atoms with Gasteiger partial charge in [-0.25, -0.2) is 0 Å². The number of rotatable bonds is 6. The van der Waals surface area contributed by atoms with E-state index in [2.05, 4.69) is 5.32 Å². The van der Waals surface area contributed by atoms with Crippen LogP contribution in [0.15, 0.2) is 24.3 Å². The van der Waals surface area contributed by atoms with Crippen LogP contribution in [-0.2, 0) is 4.79 Å². The Balaban J connectivity index is 1.86. The molecule has 5 nitrogen and oxygen atoms in total. The first-order valence-corrected chi connectivity index (χ1v) is 6.55. The Morgan fingerprint density at radius 2 is 2.21 bits per heavy atom. The summed E-state index contributed by atoms with van der Waals surface area (Å²) in [6.07, 6.45) is 1.28. The third kappa shape index (κ3) is 3.61. The van der Waals surface area contributed by atoms with Gasteiger partial charge in [0.25, 0.3) is 0 Å². The molecule has 1 aliphatic rings. The van der Waals surface area contributed by atoms with E-state index in [4.69, 9.17) is 14.6 Å². The molecule has 2 rings (SSSR count). The van der Waals surface area contributed by atoms with Gasteiger partial charge >= 0.3 is 5.97 Å². The number of carbonyl (C=O) groups is 1. The number of nitrogens with one attached hydrogen (secondary N) is 1. The smallest absolute Gasteiger partial charge is 0.320 e. The van der Waals surface area contributed by atoms with Crippen LogP contribution in [0.3, 0.4) is 0 Å². The van der Waals surface area contributed by atoms with Crippen molar-refractivity contribution in [2.75, 3.05) is 13.2 Å².